The number of rotatable bonds is 5. The van der Waals surface area contributed by atoms with Crippen LogP contribution in [0.4, 0.5) is 0 Å². The minimum Gasteiger partial charge on any atom is -0.361 e. The molecule has 1 aromatic carbocycles. The minimum atomic E-state index is 0.223. The Hall–Kier alpha value is -2.63. The molecule has 0 bridgehead atoms. The maximum Gasteiger partial charge on any atom is 0.227 e. The normalized spacial score (nSPS) is 15.7. The van der Waals surface area contributed by atoms with E-state index in [1.807, 2.05) is 29.3 Å². The number of hydrogen-bond donors (Lipinski definition) is 2. The monoisotopic (exact) mass is 351 g/mol. The Bertz CT molecular complexity index is 888. The highest BCUT2D eigenvalue weighted by Gasteiger charge is 2.24. The number of benzene rings is 1. The van der Waals surface area contributed by atoms with E-state index in [1.54, 1.807) is 0 Å². The first-order valence-corrected chi connectivity index (χ1v) is 9.46. The number of piperidine rings is 1. The largest absolute Gasteiger partial charge is 0.361 e. The van der Waals surface area contributed by atoms with Crippen LogP contribution in [-0.4, -0.2) is 44.1 Å². The Morgan fingerprint density at radius 3 is 2.85 bits per heavy atom. The molecule has 0 spiro atoms. The van der Waals surface area contributed by atoms with Crippen molar-refractivity contribution in [2.75, 3.05) is 13.1 Å². The quantitative estimate of drug-likeness (QED) is 0.742. The predicted molar refractivity (Wildman–Crippen MR) is 101 cm³/mol. The number of carbonyl (C=O) groups excluding carboxylic acids is 1. The SMILES string of the molecule is CCc1n[nH]c(CC2CCN(C(=O)Cc3c[nH]c4ccccc34)CC2)n1. The molecule has 0 atom stereocenters. The van der Waals surface area contributed by atoms with Gasteiger partial charge in [0.2, 0.25) is 5.91 Å². The standard InChI is InChI=1S/C20H25N5O/c1-2-18-22-19(24-23-18)11-14-7-9-25(10-8-14)20(26)12-15-13-21-17-6-4-3-5-16(15)17/h3-6,13-14,21H,2,7-12H2,1H3,(H,22,23,24). The van der Waals surface area contributed by atoms with Crippen molar-refractivity contribution >= 4 is 16.8 Å². The fourth-order valence-corrected chi connectivity index (χ4v) is 3.80. The summed E-state index contributed by atoms with van der Waals surface area (Å²) < 4.78 is 0. The van der Waals surface area contributed by atoms with E-state index < -0.39 is 0 Å². The van der Waals surface area contributed by atoms with Gasteiger partial charge in [0.1, 0.15) is 11.6 Å². The van der Waals surface area contributed by atoms with Crippen molar-refractivity contribution in [3.8, 4) is 0 Å². The van der Waals surface area contributed by atoms with E-state index in [2.05, 4.69) is 33.2 Å². The number of nitrogens with one attached hydrogen (secondary N) is 2. The highest BCUT2D eigenvalue weighted by atomic mass is 16.2. The number of likely N-dealkylation sites (tertiary alicyclic amines) is 1. The second kappa shape index (κ2) is 7.32. The number of fused-ring (bicyclic) bond motifs is 1. The molecule has 6 nitrogen and oxygen atoms in total. The lowest BCUT2D eigenvalue weighted by atomic mass is 9.93. The van der Waals surface area contributed by atoms with E-state index in [0.717, 1.165) is 66.9 Å². The average Bonchev–Trinajstić information content (AvgIpc) is 3.29. The third kappa shape index (κ3) is 3.49. The van der Waals surface area contributed by atoms with Crippen LogP contribution in [0.15, 0.2) is 30.5 Å². The molecule has 1 fully saturated rings. The molecule has 1 amide bonds. The summed E-state index contributed by atoms with van der Waals surface area (Å²) in [5, 5.41) is 8.39. The van der Waals surface area contributed by atoms with Crippen LogP contribution in [-0.2, 0) is 24.1 Å². The van der Waals surface area contributed by atoms with Crippen LogP contribution < -0.4 is 0 Å². The van der Waals surface area contributed by atoms with Crippen LogP contribution in [0.5, 0.6) is 0 Å². The van der Waals surface area contributed by atoms with E-state index in [1.165, 1.54) is 0 Å². The van der Waals surface area contributed by atoms with Gasteiger partial charge in [-0.3, -0.25) is 9.89 Å². The third-order valence-corrected chi connectivity index (χ3v) is 5.36. The van der Waals surface area contributed by atoms with Crippen molar-refractivity contribution in [3.63, 3.8) is 0 Å². The Labute approximate surface area is 153 Å². The molecule has 1 aliphatic rings. The van der Waals surface area contributed by atoms with Gasteiger partial charge in [-0.15, -0.1) is 0 Å². The molecule has 2 N–H and O–H groups in total. The number of para-hydroxylation sites is 1. The predicted octanol–water partition coefficient (Wildman–Crippen LogP) is 2.87. The van der Waals surface area contributed by atoms with E-state index in [4.69, 9.17) is 0 Å². The first kappa shape index (κ1) is 16.8. The summed E-state index contributed by atoms with van der Waals surface area (Å²) in [5.74, 6) is 2.66. The minimum absolute atomic E-state index is 0.223. The summed E-state index contributed by atoms with van der Waals surface area (Å²) >= 11 is 0. The van der Waals surface area contributed by atoms with Crippen LogP contribution in [0, 0.1) is 5.92 Å². The molecule has 6 heteroatoms. The van der Waals surface area contributed by atoms with E-state index in [0.29, 0.717) is 12.3 Å². The zero-order valence-corrected chi connectivity index (χ0v) is 15.2. The highest BCUT2D eigenvalue weighted by molar-refractivity contribution is 5.88. The number of carbonyl (C=O) groups is 1. The number of aryl methyl sites for hydroxylation is 1. The first-order chi connectivity index (χ1) is 12.7. The number of hydrogen-bond acceptors (Lipinski definition) is 3. The summed E-state index contributed by atoms with van der Waals surface area (Å²) in [4.78, 5) is 22.5. The van der Waals surface area contributed by atoms with Crippen molar-refractivity contribution in [3.05, 3.63) is 47.7 Å². The van der Waals surface area contributed by atoms with Gasteiger partial charge in [-0.2, -0.15) is 5.10 Å². The number of aromatic amines is 2. The summed E-state index contributed by atoms with van der Waals surface area (Å²) in [5.41, 5.74) is 2.17. The van der Waals surface area contributed by atoms with Gasteiger partial charge in [0.05, 0.1) is 6.42 Å². The van der Waals surface area contributed by atoms with Crippen molar-refractivity contribution in [1.82, 2.24) is 25.1 Å². The lowest BCUT2D eigenvalue weighted by molar-refractivity contribution is -0.131. The fraction of sp³-hybridized carbons (Fsp3) is 0.450. The van der Waals surface area contributed by atoms with Gasteiger partial charge < -0.3 is 9.88 Å². The molecule has 4 rings (SSSR count). The highest BCUT2D eigenvalue weighted by Crippen LogP contribution is 2.23. The molecular weight excluding hydrogens is 326 g/mol. The van der Waals surface area contributed by atoms with Crippen molar-refractivity contribution in [1.29, 1.82) is 0 Å². The zero-order chi connectivity index (χ0) is 17.9. The van der Waals surface area contributed by atoms with Crippen LogP contribution in [0.2, 0.25) is 0 Å². The van der Waals surface area contributed by atoms with Gasteiger partial charge in [-0.25, -0.2) is 4.98 Å². The molecular formula is C20H25N5O. The molecule has 0 aliphatic carbocycles. The number of aromatic nitrogens is 4. The molecule has 136 valence electrons. The number of amides is 1. The molecule has 1 aliphatic heterocycles. The summed E-state index contributed by atoms with van der Waals surface area (Å²) in [6.07, 6.45) is 6.28. The molecule has 3 heterocycles. The Balaban J connectivity index is 1.32. The Morgan fingerprint density at radius 2 is 2.08 bits per heavy atom. The molecule has 3 aromatic rings. The first-order valence-electron chi connectivity index (χ1n) is 9.46. The molecule has 0 saturated carbocycles. The van der Waals surface area contributed by atoms with Gasteiger partial charge in [-0.05, 0) is 30.4 Å². The topological polar surface area (TPSA) is 77.7 Å². The average molecular weight is 351 g/mol. The van der Waals surface area contributed by atoms with Gasteiger partial charge in [0.25, 0.3) is 0 Å². The number of H-pyrrole nitrogens is 2. The van der Waals surface area contributed by atoms with Crippen LogP contribution in [0.1, 0.15) is 37.0 Å². The second-order valence-corrected chi connectivity index (χ2v) is 7.12. The summed E-state index contributed by atoms with van der Waals surface area (Å²) in [6, 6.07) is 8.14. The third-order valence-electron chi connectivity index (χ3n) is 5.36. The molecule has 1 saturated heterocycles. The van der Waals surface area contributed by atoms with E-state index in [-0.39, 0.29) is 5.91 Å². The second-order valence-electron chi connectivity index (χ2n) is 7.12. The summed E-state index contributed by atoms with van der Waals surface area (Å²) in [7, 11) is 0. The van der Waals surface area contributed by atoms with Gasteiger partial charge in [0, 0.05) is 43.0 Å². The lowest BCUT2D eigenvalue weighted by Crippen LogP contribution is -2.39. The lowest BCUT2D eigenvalue weighted by Gasteiger charge is -2.31. The number of nitrogens with zero attached hydrogens (tertiary/aromatic N) is 3. The van der Waals surface area contributed by atoms with Crippen LogP contribution in [0.25, 0.3) is 10.9 Å². The van der Waals surface area contributed by atoms with Crippen LogP contribution in [0.3, 0.4) is 0 Å². The fourth-order valence-electron chi connectivity index (χ4n) is 3.80. The smallest absolute Gasteiger partial charge is 0.227 e. The van der Waals surface area contributed by atoms with Gasteiger partial charge in [0.15, 0.2) is 0 Å². The zero-order valence-electron chi connectivity index (χ0n) is 15.2. The molecule has 2 aromatic heterocycles. The molecule has 26 heavy (non-hydrogen) atoms. The van der Waals surface area contributed by atoms with Crippen LogP contribution >= 0.6 is 0 Å². The van der Waals surface area contributed by atoms with E-state index >= 15 is 0 Å². The summed E-state index contributed by atoms with van der Waals surface area (Å²) in [6.45, 7) is 3.73. The molecule has 0 radical (unpaired) electrons. The Morgan fingerprint density at radius 1 is 1.27 bits per heavy atom. The van der Waals surface area contributed by atoms with Crippen molar-refractivity contribution < 1.29 is 4.79 Å². The molecule has 0 unspecified atom stereocenters. The Kier molecular flexibility index (Phi) is 4.73. The van der Waals surface area contributed by atoms with Crippen molar-refractivity contribution in [2.45, 2.75) is 39.0 Å². The van der Waals surface area contributed by atoms with Gasteiger partial charge >= 0.3 is 0 Å². The maximum atomic E-state index is 12.7. The van der Waals surface area contributed by atoms with E-state index in [9.17, 15) is 4.79 Å². The van der Waals surface area contributed by atoms with Crippen molar-refractivity contribution in [2.24, 2.45) is 5.92 Å². The van der Waals surface area contributed by atoms with Gasteiger partial charge in [-0.1, -0.05) is 25.1 Å². The maximum absolute atomic E-state index is 12.7.